The van der Waals surface area contributed by atoms with Crippen LogP contribution in [0.3, 0.4) is 0 Å². The minimum Gasteiger partial charge on any atom is -0.493 e. The van der Waals surface area contributed by atoms with Crippen molar-refractivity contribution >= 4 is 11.8 Å². The van der Waals surface area contributed by atoms with Crippen molar-refractivity contribution in [1.29, 1.82) is 0 Å². The molecule has 1 spiro atoms. The Balaban J connectivity index is 1.40. The van der Waals surface area contributed by atoms with E-state index >= 15 is 0 Å². The van der Waals surface area contributed by atoms with E-state index in [-0.39, 0.29) is 42.3 Å². The number of rotatable bonds is 7. The van der Waals surface area contributed by atoms with E-state index in [0.717, 1.165) is 18.4 Å². The first-order valence-electron chi connectivity index (χ1n) is 13.6. The molecule has 0 radical (unpaired) electrons. The van der Waals surface area contributed by atoms with Gasteiger partial charge in [0.05, 0.1) is 19.8 Å². The van der Waals surface area contributed by atoms with E-state index in [1.807, 2.05) is 24.3 Å². The summed E-state index contributed by atoms with van der Waals surface area (Å²) in [5, 5.41) is 2.97. The van der Waals surface area contributed by atoms with Crippen molar-refractivity contribution in [2.75, 3.05) is 46.6 Å². The summed E-state index contributed by atoms with van der Waals surface area (Å²) in [4.78, 5) is 27.5. The van der Waals surface area contributed by atoms with E-state index in [1.54, 1.807) is 6.07 Å². The molecule has 1 N–H and O–H groups in total. The minimum absolute atomic E-state index is 0.0532. The van der Waals surface area contributed by atoms with Crippen LogP contribution in [0.5, 0.6) is 5.75 Å². The zero-order valence-corrected chi connectivity index (χ0v) is 22.8. The quantitative estimate of drug-likeness (QED) is 0.543. The first-order valence-corrected chi connectivity index (χ1v) is 13.6. The molecule has 2 atom stereocenters. The van der Waals surface area contributed by atoms with Crippen molar-refractivity contribution in [3.63, 3.8) is 0 Å². The smallest absolute Gasteiger partial charge is 0.430 e. The molecule has 5 rings (SSSR count). The van der Waals surface area contributed by atoms with Crippen LogP contribution in [0, 0.1) is 10.8 Å². The molecule has 2 amide bonds. The Hall–Kier alpha value is -3.11. The summed E-state index contributed by atoms with van der Waals surface area (Å²) in [5.74, 6) is -0.623. The number of hydrogen-bond acceptors (Lipinski definition) is 5. The van der Waals surface area contributed by atoms with Gasteiger partial charge in [0, 0.05) is 50.1 Å². The van der Waals surface area contributed by atoms with Crippen LogP contribution >= 0.6 is 0 Å². The standard InChI is InChI=1S/C30H35F3N2O5/c1-27(18-39-19-27)20-40-24-11-7-6-10-22(24)23-17-34-25(36)16-28(23)12-14-35(15-13-28)26(37)29(38-2,30(31,32)33)21-8-4-3-5-9-21/h3-11,23H,12-20H2,1-2H3,(H,34,36)/t23?,29-/m1/s1. The normalized spacial score (nSPS) is 23.6. The molecular formula is C30H35F3N2O5. The second-order valence-corrected chi connectivity index (χ2v) is 11.6. The molecule has 1 unspecified atom stereocenters. The molecule has 3 aliphatic rings. The number of benzene rings is 2. The zero-order chi connectivity index (χ0) is 28.6. The Bertz CT molecular complexity index is 1230. The number of methoxy groups -OCH3 is 1. The van der Waals surface area contributed by atoms with Crippen molar-refractivity contribution in [2.45, 2.75) is 43.9 Å². The maximum absolute atomic E-state index is 14.5. The molecule has 3 fully saturated rings. The number of para-hydroxylation sites is 1. The van der Waals surface area contributed by atoms with Crippen LogP contribution in [0.15, 0.2) is 54.6 Å². The van der Waals surface area contributed by atoms with E-state index in [2.05, 4.69) is 12.2 Å². The van der Waals surface area contributed by atoms with Crippen LogP contribution in [-0.4, -0.2) is 69.5 Å². The molecule has 0 saturated carbocycles. The lowest BCUT2D eigenvalue weighted by Crippen LogP contribution is -2.60. The van der Waals surface area contributed by atoms with Crippen LogP contribution in [0.25, 0.3) is 0 Å². The van der Waals surface area contributed by atoms with Crippen LogP contribution in [0.2, 0.25) is 0 Å². The molecule has 0 bridgehead atoms. The molecule has 7 nitrogen and oxygen atoms in total. The van der Waals surface area contributed by atoms with Crippen molar-refractivity contribution in [3.8, 4) is 5.75 Å². The molecule has 0 aliphatic carbocycles. The molecule has 40 heavy (non-hydrogen) atoms. The molecule has 10 heteroatoms. The molecule has 2 aromatic rings. The van der Waals surface area contributed by atoms with Gasteiger partial charge in [-0.05, 0) is 29.9 Å². The predicted octanol–water partition coefficient (Wildman–Crippen LogP) is 4.42. The summed E-state index contributed by atoms with van der Waals surface area (Å²) < 4.78 is 60.2. The summed E-state index contributed by atoms with van der Waals surface area (Å²) in [7, 11) is 0.915. The van der Waals surface area contributed by atoms with Gasteiger partial charge >= 0.3 is 6.18 Å². The Morgan fingerprint density at radius 2 is 1.73 bits per heavy atom. The topological polar surface area (TPSA) is 77.1 Å². The maximum Gasteiger partial charge on any atom is 0.430 e. The molecule has 3 saturated heterocycles. The summed E-state index contributed by atoms with van der Waals surface area (Å²) in [6, 6.07) is 14.7. The lowest BCUT2D eigenvalue weighted by Gasteiger charge is -2.50. The summed E-state index contributed by atoms with van der Waals surface area (Å²) in [6.45, 7) is 4.41. The van der Waals surface area contributed by atoms with E-state index in [0.29, 0.717) is 39.2 Å². The van der Waals surface area contributed by atoms with Gasteiger partial charge in [0.1, 0.15) is 5.75 Å². The maximum atomic E-state index is 14.5. The Morgan fingerprint density at radius 3 is 2.33 bits per heavy atom. The number of alkyl halides is 3. The van der Waals surface area contributed by atoms with Gasteiger partial charge in [-0.25, -0.2) is 0 Å². The number of likely N-dealkylation sites (tertiary alicyclic amines) is 1. The average molecular weight is 561 g/mol. The van der Waals surface area contributed by atoms with Gasteiger partial charge in [0.2, 0.25) is 5.91 Å². The van der Waals surface area contributed by atoms with Gasteiger partial charge in [0.15, 0.2) is 0 Å². The fourth-order valence-electron chi connectivity index (χ4n) is 6.37. The van der Waals surface area contributed by atoms with Crippen LogP contribution < -0.4 is 10.1 Å². The Kier molecular flexibility index (Phi) is 7.60. The van der Waals surface area contributed by atoms with Crippen molar-refractivity contribution in [1.82, 2.24) is 10.2 Å². The lowest BCUT2D eigenvalue weighted by atomic mass is 9.62. The van der Waals surface area contributed by atoms with Crippen molar-refractivity contribution < 1.29 is 37.0 Å². The SMILES string of the molecule is CO[C@@](C(=O)N1CCC2(CC1)CC(=O)NCC2c1ccccc1OCC1(C)COC1)(c1ccccc1)C(F)(F)F. The zero-order valence-electron chi connectivity index (χ0n) is 22.8. The molecular weight excluding hydrogens is 525 g/mol. The van der Waals surface area contributed by atoms with Gasteiger partial charge in [-0.1, -0.05) is 55.5 Å². The molecule has 3 aliphatic heterocycles. The van der Waals surface area contributed by atoms with E-state index < -0.39 is 23.1 Å². The highest BCUT2D eigenvalue weighted by atomic mass is 19.4. The van der Waals surface area contributed by atoms with Gasteiger partial charge in [-0.3, -0.25) is 9.59 Å². The average Bonchev–Trinajstić information content (AvgIpc) is 2.92. The Morgan fingerprint density at radius 1 is 1.07 bits per heavy atom. The largest absolute Gasteiger partial charge is 0.493 e. The van der Waals surface area contributed by atoms with Gasteiger partial charge < -0.3 is 24.4 Å². The molecule has 2 aromatic carbocycles. The second kappa shape index (κ2) is 10.7. The van der Waals surface area contributed by atoms with Crippen LogP contribution in [-0.2, 0) is 24.7 Å². The molecule has 0 aromatic heterocycles. The number of nitrogens with one attached hydrogen (secondary N) is 1. The van der Waals surface area contributed by atoms with Gasteiger partial charge in [-0.2, -0.15) is 13.2 Å². The number of piperidine rings is 2. The molecule has 216 valence electrons. The Labute approximate surface area is 232 Å². The number of ether oxygens (including phenoxy) is 3. The van der Waals surface area contributed by atoms with Gasteiger partial charge in [-0.15, -0.1) is 0 Å². The fraction of sp³-hybridized carbons (Fsp3) is 0.533. The van der Waals surface area contributed by atoms with E-state index in [9.17, 15) is 22.8 Å². The highest BCUT2D eigenvalue weighted by Crippen LogP contribution is 2.52. The molecule has 3 heterocycles. The fourth-order valence-corrected chi connectivity index (χ4v) is 6.37. The first-order chi connectivity index (χ1) is 19.0. The predicted molar refractivity (Wildman–Crippen MR) is 141 cm³/mol. The highest BCUT2D eigenvalue weighted by Gasteiger charge is 2.64. The van der Waals surface area contributed by atoms with Crippen molar-refractivity contribution in [2.24, 2.45) is 10.8 Å². The minimum atomic E-state index is -4.97. The highest BCUT2D eigenvalue weighted by molar-refractivity contribution is 5.88. The van der Waals surface area contributed by atoms with E-state index in [4.69, 9.17) is 14.2 Å². The van der Waals surface area contributed by atoms with E-state index in [1.165, 1.54) is 29.2 Å². The monoisotopic (exact) mass is 560 g/mol. The van der Waals surface area contributed by atoms with Crippen LogP contribution in [0.1, 0.15) is 43.2 Å². The number of carbonyl (C=O) groups excluding carboxylic acids is 2. The summed E-state index contributed by atoms with van der Waals surface area (Å²) >= 11 is 0. The third kappa shape index (κ3) is 4.96. The number of nitrogens with zero attached hydrogens (tertiary/aromatic N) is 1. The number of carbonyl (C=O) groups is 2. The van der Waals surface area contributed by atoms with Gasteiger partial charge in [0.25, 0.3) is 11.5 Å². The lowest BCUT2D eigenvalue weighted by molar-refractivity contribution is -0.271. The summed E-state index contributed by atoms with van der Waals surface area (Å²) in [5.41, 5.74) is -2.99. The van der Waals surface area contributed by atoms with Crippen LogP contribution in [0.4, 0.5) is 13.2 Å². The first kappa shape index (κ1) is 28.4. The number of halogens is 3. The third-order valence-electron chi connectivity index (χ3n) is 8.76. The number of hydrogen-bond donors (Lipinski definition) is 1. The van der Waals surface area contributed by atoms with Crippen molar-refractivity contribution in [3.05, 3.63) is 65.7 Å². The second-order valence-electron chi connectivity index (χ2n) is 11.6. The third-order valence-corrected chi connectivity index (χ3v) is 8.76. The summed E-state index contributed by atoms with van der Waals surface area (Å²) in [6.07, 6.45) is -3.99. The number of amides is 2.